The molecule has 21 aliphatic heterocycles. The summed E-state index contributed by atoms with van der Waals surface area (Å²) < 4.78 is 81.1. The first kappa shape index (κ1) is 65.9. The molecule has 1 aromatic rings. The van der Waals surface area contributed by atoms with E-state index in [4.69, 9.17) is 66.3 Å². The summed E-state index contributed by atoms with van der Waals surface area (Å²) in [5.74, 6) is 0. The Hall–Kier alpha value is -2.54. The highest BCUT2D eigenvalue weighted by Crippen LogP contribution is 2.39. The van der Waals surface area contributed by atoms with Crippen LogP contribution in [-0.4, -0.2) is 374 Å². The van der Waals surface area contributed by atoms with E-state index >= 15 is 0 Å². The van der Waals surface area contributed by atoms with Gasteiger partial charge >= 0.3 is 0 Å². The third kappa shape index (κ3) is 13.3. The molecule has 22 heterocycles. The van der Waals surface area contributed by atoms with E-state index in [0.717, 1.165) is 0 Å². The molecule has 0 unspecified atom stereocenters. The van der Waals surface area contributed by atoms with E-state index in [9.17, 15) is 102 Å². The molecule has 22 rings (SSSR count). The first-order chi connectivity index (χ1) is 40.2. The molecule has 84 heavy (non-hydrogen) atoms. The summed E-state index contributed by atoms with van der Waals surface area (Å²) in [7, 11) is 0. The lowest BCUT2D eigenvalue weighted by molar-refractivity contribution is -0.396. The van der Waals surface area contributed by atoms with Gasteiger partial charge in [-0.15, -0.1) is 0 Å². The molecule has 0 amide bonds. The van der Waals surface area contributed by atoms with Crippen molar-refractivity contribution in [1.82, 2.24) is 4.98 Å². The second kappa shape index (κ2) is 28.5. The fourth-order valence-corrected chi connectivity index (χ4v) is 11.1. The SMILES string of the molecule is OC[C@H]1O[C@@H]2O[C@H]3[C@H](O)[C@@H](O)[C@@H](O[C@H]4[C@H](O)[C@@H](O)[C@@H](O[C@H]5[C@H](O)[C@@H](O)[C@@H](O[C@H]6[C@H](O)[C@@H](O)[C@@H](O[C@H]7[C@H](O)[C@@H](O)[C@@H](O[C@H]8[C@H](O)[C@@H](O)[C@@H](O[C@H]1[C@H](O)[C@H]2O)O[C@@H]8CO)O[C@@H]7CO)O[C@@H]6CO)O[C@@H]5CN=Cc1ccccn1)O[C@@H]4CO)O[C@@H]3CO. The van der Waals surface area contributed by atoms with Crippen LogP contribution in [0.25, 0.3) is 0 Å². The molecule has 480 valence electrons. The summed E-state index contributed by atoms with van der Waals surface area (Å²) in [6.45, 7) is -6.74. The summed E-state index contributed by atoms with van der Waals surface area (Å²) in [4.78, 5) is 8.45. The van der Waals surface area contributed by atoms with Gasteiger partial charge in [0.15, 0.2) is 44.0 Å². The summed E-state index contributed by atoms with van der Waals surface area (Å²) in [5, 5.41) is 223. The van der Waals surface area contributed by atoms with Gasteiger partial charge in [-0.25, -0.2) is 0 Å². The lowest BCUT2D eigenvalue weighted by atomic mass is 9.95. The predicted octanol–water partition coefficient (Wildman–Crippen LogP) is -13.7. The Bertz CT molecular complexity index is 2210. The minimum Gasteiger partial charge on any atom is -0.394 e. The quantitative estimate of drug-likeness (QED) is 0.102. The molecule has 21 saturated heterocycles. The van der Waals surface area contributed by atoms with Gasteiger partial charge in [0.2, 0.25) is 0 Å². The third-order valence-electron chi connectivity index (χ3n) is 15.8. The number of hydrogen-bond acceptors (Lipinski definition) is 36. The first-order valence-corrected chi connectivity index (χ1v) is 26.9. The van der Waals surface area contributed by atoms with Crippen LogP contribution in [0.2, 0.25) is 0 Å². The van der Waals surface area contributed by atoms with Gasteiger partial charge in [0, 0.05) is 12.4 Å². The molecular formula is C48H74N2O34. The number of aliphatic hydroxyl groups is 20. The zero-order chi connectivity index (χ0) is 60.6. The Labute approximate surface area is 475 Å². The number of pyridine rings is 1. The van der Waals surface area contributed by atoms with E-state index in [1.165, 1.54) is 12.4 Å². The number of aliphatic hydroxyl groups excluding tert-OH is 20. The zero-order valence-corrected chi connectivity index (χ0v) is 44.1. The van der Waals surface area contributed by atoms with E-state index in [-0.39, 0.29) is 0 Å². The predicted molar refractivity (Wildman–Crippen MR) is 258 cm³/mol. The smallest absolute Gasteiger partial charge is 0.187 e. The molecule has 0 radical (unpaired) electrons. The standard InChI is InChI=1S/C48H74N2O34/c51-7-15-36-23(59)30(66)44(73-15)81-38-17(9-53)75-46(32(68)25(38)61)83-40-19(11-55)77-48(34(70)27(40)63)84-41-20(12-56)76-47(33(69)26(41)62)82-39-18(10-54)74-45(31(67)24(39)60)80-37-16(8-52)72-43(29(65)22(37)58)78-35-14(71-42(79-36)28(64)21(35)57)6-49-5-13-3-1-2-4-50-13/h1-5,14-48,51-70H,6-12H2/t14-,15-,16-,17-,18-,19-,20-,21-,22-,23-,24-,25-,26-,27-,28-,29-,30-,31-,32-,33-,34-,35-,36-,37-,38-,39-,40-,41-,42-,43-,44-,45-,46-,47-,48-/m1/s1. The van der Waals surface area contributed by atoms with Crippen LogP contribution in [0.1, 0.15) is 5.69 Å². The van der Waals surface area contributed by atoms with E-state index in [1.807, 2.05) is 0 Å². The fourth-order valence-electron chi connectivity index (χ4n) is 11.1. The third-order valence-corrected chi connectivity index (χ3v) is 15.8. The van der Waals surface area contributed by atoms with Gasteiger partial charge in [-0.1, -0.05) is 6.07 Å². The number of ether oxygens (including phenoxy) is 14. The largest absolute Gasteiger partial charge is 0.394 e. The van der Waals surface area contributed by atoms with Crippen LogP contribution in [0.5, 0.6) is 0 Å². The Kier molecular flexibility index (Phi) is 22.4. The molecule has 0 spiro atoms. The van der Waals surface area contributed by atoms with E-state index in [0.29, 0.717) is 5.69 Å². The van der Waals surface area contributed by atoms with Crippen molar-refractivity contribution >= 4 is 6.21 Å². The summed E-state index contributed by atoms with van der Waals surface area (Å²) in [5.41, 5.74) is 0.337. The molecule has 35 atom stereocenters. The van der Waals surface area contributed by atoms with Crippen molar-refractivity contribution in [3.8, 4) is 0 Å². The van der Waals surface area contributed by atoms with Gasteiger partial charge in [0.05, 0.1) is 51.9 Å². The second-order valence-electron chi connectivity index (χ2n) is 21.2. The Morgan fingerprint density at radius 3 is 0.714 bits per heavy atom. The van der Waals surface area contributed by atoms with Gasteiger partial charge in [-0.05, 0) is 12.1 Å². The Balaban J connectivity index is 1.02. The highest BCUT2D eigenvalue weighted by Gasteiger charge is 2.59. The van der Waals surface area contributed by atoms with Crippen molar-refractivity contribution in [1.29, 1.82) is 0 Å². The fraction of sp³-hybridized carbons (Fsp3) is 0.875. The van der Waals surface area contributed by atoms with Crippen molar-refractivity contribution in [2.75, 3.05) is 46.2 Å². The van der Waals surface area contributed by atoms with E-state index in [2.05, 4.69) is 9.98 Å². The molecule has 0 aromatic carbocycles. The van der Waals surface area contributed by atoms with Gasteiger partial charge in [-0.2, -0.15) is 0 Å². The molecule has 0 saturated carbocycles. The number of aliphatic imine (C=N–C) groups is 1. The van der Waals surface area contributed by atoms with Crippen LogP contribution in [0.15, 0.2) is 29.4 Å². The lowest BCUT2D eigenvalue weighted by Gasteiger charge is -2.50. The first-order valence-electron chi connectivity index (χ1n) is 26.9. The van der Waals surface area contributed by atoms with E-state index in [1.54, 1.807) is 18.2 Å². The molecule has 1 aromatic heterocycles. The van der Waals surface area contributed by atoms with Crippen LogP contribution in [-0.2, 0) is 66.3 Å². The number of aromatic nitrogens is 1. The van der Waals surface area contributed by atoms with Crippen LogP contribution in [0.4, 0.5) is 0 Å². The van der Waals surface area contributed by atoms with Gasteiger partial charge in [-0.3, -0.25) is 9.98 Å². The highest BCUT2D eigenvalue weighted by atomic mass is 16.8. The maximum Gasteiger partial charge on any atom is 0.187 e. The van der Waals surface area contributed by atoms with E-state index < -0.39 is 261 Å². The Morgan fingerprint density at radius 2 is 0.512 bits per heavy atom. The molecule has 36 heteroatoms. The molecule has 14 bridgehead atoms. The normalized spacial score (nSPS) is 51.8. The molecular weight excluding hydrogens is 1150 g/mol. The van der Waals surface area contributed by atoms with Crippen LogP contribution < -0.4 is 0 Å². The lowest BCUT2D eigenvalue weighted by Crippen LogP contribution is -2.68. The minimum atomic E-state index is -2.21. The second-order valence-corrected chi connectivity index (χ2v) is 21.2. The monoisotopic (exact) mass is 1220 g/mol. The number of rotatable bonds is 9. The Morgan fingerprint density at radius 1 is 0.298 bits per heavy atom. The average molecular weight is 1220 g/mol. The number of nitrogens with zero attached hydrogens (tertiary/aromatic N) is 2. The highest BCUT2D eigenvalue weighted by molar-refractivity contribution is 5.76. The maximum atomic E-state index is 11.8. The van der Waals surface area contributed by atoms with Gasteiger partial charge in [0.25, 0.3) is 0 Å². The van der Waals surface area contributed by atoms with Crippen LogP contribution in [0, 0.1) is 0 Å². The van der Waals surface area contributed by atoms with Crippen molar-refractivity contribution in [2.24, 2.45) is 4.99 Å². The molecule has 36 nitrogen and oxygen atoms in total. The van der Waals surface area contributed by atoms with Crippen LogP contribution in [0.3, 0.4) is 0 Å². The zero-order valence-electron chi connectivity index (χ0n) is 44.1. The van der Waals surface area contributed by atoms with Crippen molar-refractivity contribution < 1.29 is 168 Å². The van der Waals surface area contributed by atoms with Gasteiger partial charge in [0.1, 0.15) is 171 Å². The van der Waals surface area contributed by atoms with Crippen molar-refractivity contribution in [2.45, 2.75) is 215 Å². The molecule has 21 aliphatic rings. The minimum absolute atomic E-state index is 0.337. The van der Waals surface area contributed by atoms with Crippen molar-refractivity contribution in [3.05, 3.63) is 30.1 Å². The summed E-state index contributed by atoms with van der Waals surface area (Å²) >= 11 is 0. The molecule has 21 fully saturated rings. The van der Waals surface area contributed by atoms with Gasteiger partial charge < -0.3 is 168 Å². The van der Waals surface area contributed by atoms with Crippen molar-refractivity contribution in [3.63, 3.8) is 0 Å². The molecule has 0 aliphatic carbocycles. The summed E-state index contributed by atoms with van der Waals surface area (Å²) in [6.07, 6.45) is -67.2. The maximum absolute atomic E-state index is 11.8. The van der Waals surface area contributed by atoms with Crippen LogP contribution >= 0.6 is 0 Å². The summed E-state index contributed by atoms with van der Waals surface area (Å²) in [6, 6.07) is 4.85. The average Bonchev–Trinajstić information content (AvgIpc) is 2.18. The topological polar surface area (TPSA) is 559 Å². The number of hydrogen-bond donors (Lipinski definition) is 20. The molecule has 20 N–H and O–H groups in total.